The Bertz CT molecular complexity index is 1190. The van der Waals surface area contributed by atoms with Crippen LogP contribution in [0.3, 0.4) is 0 Å². The quantitative estimate of drug-likeness (QED) is 0.284. The number of fused-ring (bicyclic) bond motifs is 1. The summed E-state index contributed by atoms with van der Waals surface area (Å²) in [6, 6.07) is 11.6. The number of unbranched alkanes of at least 4 members (excludes halogenated alkanes) is 1. The van der Waals surface area contributed by atoms with Crippen LogP contribution < -0.4 is 19.9 Å². The van der Waals surface area contributed by atoms with E-state index in [-0.39, 0.29) is 18.7 Å². The minimum Gasteiger partial charge on any atom is -0.494 e. The number of hydrogen-bond acceptors (Lipinski definition) is 6. The summed E-state index contributed by atoms with van der Waals surface area (Å²) in [6.45, 7) is 11.5. The topological polar surface area (TPSA) is 74.3 Å². The van der Waals surface area contributed by atoms with E-state index in [0.717, 1.165) is 68.9 Å². The molecule has 1 saturated heterocycles. The summed E-state index contributed by atoms with van der Waals surface area (Å²) in [4.78, 5) is 31.3. The van der Waals surface area contributed by atoms with Crippen molar-refractivity contribution < 1.29 is 19.1 Å². The van der Waals surface area contributed by atoms with Crippen molar-refractivity contribution in [3.05, 3.63) is 52.0 Å². The number of rotatable bonds is 12. The van der Waals surface area contributed by atoms with E-state index >= 15 is 0 Å². The first-order valence-corrected chi connectivity index (χ1v) is 15.4. The fourth-order valence-corrected chi connectivity index (χ4v) is 5.87. The van der Waals surface area contributed by atoms with Crippen molar-refractivity contribution in [2.24, 2.45) is 5.92 Å². The predicted molar refractivity (Wildman–Crippen MR) is 165 cm³/mol. The van der Waals surface area contributed by atoms with Gasteiger partial charge in [0.25, 0.3) is 0 Å². The second-order valence-electron chi connectivity index (χ2n) is 11.3. The zero-order valence-electron chi connectivity index (χ0n) is 24.3. The van der Waals surface area contributed by atoms with E-state index in [1.807, 2.05) is 43.3 Å². The molecule has 0 bridgehead atoms. The van der Waals surface area contributed by atoms with Crippen LogP contribution in [0.4, 0.5) is 16.2 Å². The molecule has 2 amide bonds. The molecular weight excluding hydrogens is 563 g/mol. The van der Waals surface area contributed by atoms with E-state index in [4.69, 9.17) is 32.7 Å². The zero-order chi connectivity index (χ0) is 29.4. The van der Waals surface area contributed by atoms with Gasteiger partial charge in [-0.15, -0.1) is 0 Å². The number of ether oxygens (including phenoxy) is 2. The number of alkyl carbamates (subject to hydrolysis) is 1. The highest BCUT2D eigenvalue weighted by molar-refractivity contribution is 6.43. The number of piperazine rings is 1. The Kier molecular flexibility index (Phi) is 11.4. The predicted octanol–water partition coefficient (Wildman–Crippen LogP) is 6.37. The van der Waals surface area contributed by atoms with Crippen molar-refractivity contribution in [1.29, 1.82) is 0 Å². The van der Waals surface area contributed by atoms with Crippen LogP contribution in [0, 0.1) is 5.92 Å². The number of nitrogens with zero attached hydrogens (tertiary/aromatic N) is 3. The van der Waals surface area contributed by atoms with E-state index in [1.54, 1.807) is 0 Å². The third-order valence-corrected chi connectivity index (χ3v) is 8.36. The second-order valence-corrected chi connectivity index (χ2v) is 12.1. The lowest BCUT2D eigenvalue weighted by atomic mass is 10.0. The molecule has 2 aliphatic rings. The van der Waals surface area contributed by atoms with Crippen LogP contribution in [-0.2, 0) is 16.0 Å². The molecule has 4 rings (SSSR count). The Morgan fingerprint density at radius 3 is 2.54 bits per heavy atom. The standard InChI is InChI=1S/C31H42Cl2N4O4/c1-22(2)19-23(3)34-31(39)41-21-37-28-20-25(11-9-24(28)10-12-29(37)38)40-18-5-4-13-35-14-16-36(17-15-35)27-8-6-7-26(32)30(27)33/h6-9,11,20,22-23H,4-5,10,12-19,21H2,1-3H3,(H,34,39). The first-order chi connectivity index (χ1) is 19.7. The molecule has 0 saturated carbocycles. The lowest BCUT2D eigenvalue weighted by Gasteiger charge is -2.36. The van der Waals surface area contributed by atoms with Gasteiger partial charge in [-0.3, -0.25) is 14.6 Å². The molecule has 2 heterocycles. The molecule has 1 fully saturated rings. The number of hydrogen-bond donors (Lipinski definition) is 1. The number of aryl methyl sites for hydroxylation is 1. The van der Waals surface area contributed by atoms with Crippen LogP contribution in [0.1, 0.15) is 52.0 Å². The Balaban J connectivity index is 1.19. The van der Waals surface area contributed by atoms with Crippen LogP contribution in [0.15, 0.2) is 36.4 Å². The van der Waals surface area contributed by atoms with Crippen LogP contribution in [0.25, 0.3) is 0 Å². The van der Waals surface area contributed by atoms with E-state index in [9.17, 15) is 9.59 Å². The molecule has 1 unspecified atom stereocenters. The largest absolute Gasteiger partial charge is 0.494 e. The molecule has 1 atom stereocenters. The highest BCUT2D eigenvalue weighted by Crippen LogP contribution is 2.33. The van der Waals surface area contributed by atoms with Crippen molar-refractivity contribution in [2.75, 3.05) is 55.9 Å². The highest BCUT2D eigenvalue weighted by Gasteiger charge is 2.26. The molecule has 0 aromatic heterocycles. The molecule has 41 heavy (non-hydrogen) atoms. The number of benzene rings is 2. The van der Waals surface area contributed by atoms with E-state index in [1.165, 1.54) is 4.90 Å². The van der Waals surface area contributed by atoms with E-state index in [2.05, 4.69) is 29.0 Å². The summed E-state index contributed by atoms with van der Waals surface area (Å²) in [7, 11) is 0. The summed E-state index contributed by atoms with van der Waals surface area (Å²) in [5.41, 5.74) is 2.80. The van der Waals surface area contributed by atoms with Gasteiger partial charge in [-0.25, -0.2) is 4.79 Å². The first kappa shape index (κ1) is 31.3. The van der Waals surface area contributed by atoms with Gasteiger partial charge in [0.15, 0.2) is 6.73 Å². The van der Waals surface area contributed by atoms with Crippen LogP contribution in [-0.4, -0.2) is 69.0 Å². The Hall–Kier alpha value is -2.68. The molecule has 1 N–H and O–H groups in total. The SMILES string of the molecule is CC(C)CC(C)NC(=O)OCN1C(=O)CCc2ccc(OCCCCN3CCN(c4cccc(Cl)c4Cl)CC3)cc21. The number of carbonyl (C=O) groups is 2. The third-order valence-electron chi connectivity index (χ3n) is 7.55. The number of anilines is 2. The smallest absolute Gasteiger partial charge is 0.409 e. The summed E-state index contributed by atoms with van der Waals surface area (Å²) in [6.07, 6.45) is 3.36. The summed E-state index contributed by atoms with van der Waals surface area (Å²) in [5, 5.41) is 4.05. The minimum atomic E-state index is -0.514. The first-order valence-electron chi connectivity index (χ1n) is 14.6. The van der Waals surface area contributed by atoms with Crippen LogP contribution >= 0.6 is 23.2 Å². The average Bonchev–Trinajstić information content (AvgIpc) is 2.93. The molecule has 8 nitrogen and oxygen atoms in total. The lowest BCUT2D eigenvalue weighted by Crippen LogP contribution is -2.46. The molecule has 224 valence electrons. The number of halogens is 2. The highest BCUT2D eigenvalue weighted by atomic mass is 35.5. The van der Waals surface area contributed by atoms with Gasteiger partial charge in [-0.05, 0) is 68.8 Å². The molecule has 0 spiro atoms. The summed E-state index contributed by atoms with van der Waals surface area (Å²) >= 11 is 12.6. The monoisotopic (exact) mass is 604 g/mol. The van der Waals surface area contributed by atoms with Crippen molar-refractivity contribution in [3.8, 4) is 5.75 Å². The van der Waals surface area contributed by atoms with Crippen LogP contribution in [0.5, 0.6) is 5.75 Å². The van der Waals surface area contributed by atoms with Gasteiger partial charge in [0.05, 0.1) is 28.0 Å². The molecule has 2 aromatic carbocycles. The van der Waals surface area contributed by atoms with Crippen LogP contribution in [0.2, 0.25) is 10.0 Å². The Labute approximate surface area is 253 Å². The minimum absolute atomic E-state index is 0.00413. The van der Waals surface area contributed by atoms with Gasteiger partial charge < -0.3 is 19.7 Å². The third kappa shape index (κ3) is 8.90. The molecule has 10 heteroatoms. The molecule has 0 aliphatic carbocycles. The van der Waals surface area contributed by atoms with Gasteiger partial charge in [0.2, 0.25) is 5.91 Å². The fraction of sp³-hybridized carbons (Fsp3) is 0.548. The number of amides is 2. The van der Waals surface area contributed by atoms with Crippen molar-refractivity contribution in [2.45, 2.75) is 58.9 Å². The molecule has 2 aromatic rings. The van der Waals surface area contributed by atoms with Gasteiger partial charge in [0.1, 0.15) is 5.75 Å². The molecular formula is C31H42Cl2N4O4. The van der Waals surface area contributed by atoms with Gasteiger partial charge in [0, 0.05) is 44.7 Å². The zero-order valence-corrected chi connectivity index (χ0v) is 25.8. The van der Waals surface area contributed by atoms with E-state index in [0.29, 0.717) is 41.2 Å². The second kappa shape index (κ2) is 15.0. The normalized spacial score (nSPS) is 16.5. The Morgan fingerprint density at radius 1 is 1.00 bits per heavy atom. The maximum Gasteiger partial charge on any atom is 0.409 e. The van der Waals surface area contributed by atoms with Crippen molar-refractivity contribution in [3.63, 3.8) is 0 Å². The summed E-state index contributed by atoms with van der Waals surface area (Å²) in [5.74, 6) is 1.12. The van der Waals surface area contributed by atoms with Crippen molar-refractivity contribution in [1.82, 2.24) is 10.2 Å². The lowest BCUT2D eigenvalue weighted by molar-refractivity contribution is -0.119. The molecule has 2 aliphatic heterocycles. The van der Waals surface area contributed by atoms with Gasteiger partial charge in [-0.1, -0.05) is 49.2 Å². The molecule has 0 radical (unpaired) electrons. The maximum atomic E-state index is 12.7. The van der Waals surface area contributed by atoms with E-state index < -0.39 is 6.09 Å². The van der Waals surface area contributed by atoms with Crippen molar-refractivity contribution >= 4 is 46.6 Å². The number of carbonyl (C=O) groups excluding carboxylic acids is 2. The number of nitrogens with one attached hydrogen (secondary N) is 1. The maximum absolute atomic E-state index is 12.7. The fourth-order valence-electron chi connectivity index (χ4n) is 5.46. The average molecular weight is 606 g/mol. The summed E-state index contributed by atoms with van der Waals surface area (Å²) < 4.78 is 11.5. The Morgan fingerprint density at radius 2 is 1.78 bits per heavy atom. The van der Waals surface area contributed by atoms with Gasteiger partial charge >= 0.3 is 6.09 Å². The van der Waals surface area contributed by atoms with Gasteiger partial charge in [-0.2, -0.15) is 0 Å².